The number of likely N-dealkylation sites (N-methyl/N-ethyl adjacent to an activating group) is 1. The average molecular weight is 357 g/mol. The van der Waals surface area contributed by atoms with E-state index in [4.69, 9.17) is 0 Å². The van der Waals surface area contributed by atoms with Gasteiger partial charge in [0.15, 0.2) is 0 Å². The number of hydrogen-bond acceptors (Lipinski definition) is 4. The predicted octanol–water partition coefficient (Wildman–Crippen LogP) is 2.43. The Hall–Kier alpha value is -2.18. The summed E-state index contributed by atoms with van der Waals surface area (Å²) in [5.74, 6) is -0.149. The standard InChI is InChI=1S/C19H23N3O2S/c1-22-11-8-16(18(22)14-5-3-2-4-6-14)21-17(23)7-10-20-19(24)15-9-12-25-13-15/h2-6,9,12-13,16,18H,7-8,10-11H2,1H3,(H,20,24)(H,21,23)/t16-,18+/m1/s1. The second-order valence-electron chi connectivity index (χ2n) is 6.32. The second kappa shape index (κ2) is 8.27. The zero-order chi connectivity index (χ0) is 17.6. The first kappa shape index (κ1) is 17.6. The summed E-state index contributed by atoms with van der Waals surface area (Å²) < 4.78 is 0. The highest BCUT2D eigenvalue weighted by Crippen LogP contribution is 2.30. The quantitative estimate of drug-likeness (QED) is 0.835. The lowest BCUT2D eigenvalue weighted by Gasteiger charge is -2.26. The van der Waals surface area contributed by atoms with Crippen molar-refractivity contribution in [2.75, 3.05) is 20.1 Å². The minimum Gasteiger partial charge on any atom is -0.351 e. The van der Waals surface area contributed by atoms with Crippen LogP contribution >= 0.6 is 11.3 Å². The van der Waals surface area contributed by atoms with Crippen molar-refractivity contribution in [3.8, 4) is 0 Å². The molecule has 25 heavy (non-hydrogen) atoms. The molecule has 1 saturated heterocycles. The largest absolute Gasteiger partial charge is 0.351 e. The topological polar surface area (TPSA) is 61.4 Å². The van der Waals surface area contributed by atoms with E-state index in [2.05, 4.69) is 34.7 Å². The van der Waals surface area contributed by atoms with Crippen LogP contribution in [0.4, 0.5) is 0 Å². The van der Waals surface area contributed by atoms with Crippen LogP contribution in [0.1, 0.15) is 34.8 Å². The summed E-state index contributed by atoms with van der Waals surface area (Å²) in [5.41, 5.74) is 1.87. The molecule has 132 valence electrons. The monoisotopic (exact) mass is 357 g/mol. The van der Waals surface area contributed by atoms with Crippen LogP contribution in [0.15, 0.2) is 47.2 Å². The Morgan fingerprint density at radius 1 is 1.24 bits per heavy atom. The molecule has 1 aromatic heterocycles. The molecule has 1 aliphatic heterocycles. The molecule has 2 aromatic rings. The van der Waals surface area contributed by atoms with Gasteiger partial charge in [-0.3, -0.25) is 14.5 Å². The van der Waals surface area contributed by atoms with Crippen LogP contribution in [-0.2, 0) is 4.79 Å². The maximum absolute atomic E-state index is 12.3. The molecule has 1 fully saturated rings. The molecule has 0 bridgehead atoms. The van der Waals surface area contributed by atoms with E-state index in [0.29, 0.717) is 12.1 Å². The zero-order valence-electron chi connectivity index (χ0n) is 14.3. The first-order valence-electron chi connectivity index (χ1n) is 8.50. The summed E-state index contributed by atoms with van der Waals surface area (Å²) in [6, 6.07) is 12.3. The molecule has 6 heteroatoms. The first-order chi connectivity index (χ1) is 12.1. The van der Waals surface area contributed by atoms with E-state index in [9.17, 15) is 9.59 Å². The van der Waals surface area contributed by atoms with Gasteiger partial charge in [-0.15, -0.1) is 0 Å². The van der Waals surface area contributed by atoms with Gasteiger partial charge in [0.05, 0.1) is 6.04 Å². The molecular weight excluding hydrogens is 334 g/mol. The molecule has 0 aliphatic carbocycles. The minimum atomic E-state index is -0.128. The molecule has 1 aliphatic rings. The number of thiophene rings is 1. The number of carbonyl (C=O) groups is 2. The van der Waals surface area contributed by atoms with Crippen molar-refractivity contribution in [1.82, 2.24) is 15.5 Å². The van der Waals surface area contributed by atoms with Crippen LogP contribution in [0, 0.1) is 0 Å². The molecule has 1 aromatic carbocycles. The fourth-order valence-electron chi connectivity index (χ4n) is 3.30. The summed E-state index contributed by atoms with van der Waals surface area (Å²) in [6.45, 7) is 1.30. The normalized spacial score (nSPS) is 20.4. The molecule has 0 spiro atoms. The van der Waals surface area contributed by atoms with Gasteiger partial charge in [-0.25, -0.2) is 0 Å². The lowest BCUT2D eigenvalue weighted by Crippen LogP contribution is -2.40. The van der Waals surface area contributed by atoms with E-state index in [1.54, 1.807) is 11.4 Å². The van der Waals surface area contributed by atoms with Gasteiger partial charge in [-0.2, -0.15) is 11.3 Å². The van der Waals surface area contributed by atoms with Crippen LogP contribution in [0.3, 0.4) is 0 Å². The number of amides is 2. The smallest absolute Gasteiger partial charge is 0.252 e. The molecule has 2 amide bonds. The number of nitrogens with one attached hydrogen (secondary N) is 2. The van der Waals surface area contributed by atoms with Gasteiger partial charge in [0.25, 0.3) is 5.91 Å². The predicted molar refractivity (Wildman–Crippen MR) is 99.6 cm³/mol. The lowest BCUT2D eigenvalue weighted by atomic mass is 10.00. The van der Waals surface area contributed by atoms with E-state index in [1.165, 1.54) is 16.9 Å². The third-order valence-electron chi connectivity index (χ3n) is 4.56. The Labute approximate surface area is 152 Å². The third-order valence-corrected chi connectivity index (χ3v) is 5.24. The van der Waals surface area contributed by atoms with Crippen molar-refractivity contribution in [2.45, 2.75) is 24.9 Å². The van der Waals surface area contributed by atoms with Gasteiger partial charge < -0.3 is 10.6 Å². The highest BCUT2D eigenvalue weighted by molar-refractivity contribution is 7.08. The highest BCUT2D eigenvalue weighted by Gasteiger charge is 2.33. The fourth-order valence-corrected chi connectivity index (χ4v) is 3.94. The molecule has 2 heterocycles. The van der Waals surface area contributed by atoms with E-state index in [1.807, 2.05) is 23.6 Å². The fraction of sp³-hybridized carbons (Fsp3) is 0.368. The third kappa shape index (κ3) is 4.46. The molecular formula is C19H23N3O2S. The number of likely N-dealkylation sites (tertiary alicyclic amines) is 1. The van der Waals surface area contributed by atoms with Crippen LogP contribution in [0.5, 0.6) is 0 Å². The van der Waals surface area contributed by atoms with Crippen molar-refractivity contribution < 1.29 is 9.59 Å². The Morgan fingerprint density at radius 2 is 2.04 bits per heavy atom. The maximum atomic E-state index is 12.3. The summed E-state index contributed by atoms with van der Waals surface area (Å²) in [4.78, 5) is 26.4. The Morgan fingerprint density at radius 3 is 2.76 bits per heavy atom. The number of carbonyl (C=O) groups excluding carboxylic acids is 2. The number of benzene rings is 1. The molecule has 3 rings (SSSR count). The second-order valence-corrected chi connectivity index (χ2v) is 7.10. The maximum Gasteiger partial charge on any atom is 0.252 e. The summed E-state index contributed by atoms with van der Waals surface area (Å²) in [5, 5.41) is 9.59. The zero-order valence-corrected chi connectivity index (χ0v) is 15.1. The lowest BCUT2D eigenvalue weighted by molar-refractivity contribution is -0.121. The van der Waals surface area contributed by atoms with Crippen molar-refractivity contribution in [2.24, 2.45) is 0 Å². The van der Waals surface area contributed by atoms with Gasteiger partial charge in [0.1, 0.15) is 0 Å². The molecule has 2 atom stereocenters. The molecule has 2 N–H and O–H groups in total. The van der Waals surface area contributed by atoms with Crippen molar-refractivity contribution >= 4 is 23.2 Å². The van der Waals surface area contributed by atoms with Gasteiger partial charge in [0, 0.05) is 36.5 Å². The highest BCUT2D eigenvalue weighted by atomic mass is 32.1. The number of rotatable bonds is 6. The van der Waals surface area contributed by atoms with E-state index in [0.717, 1.165) is 13.0 Å². The Bertz CT molecular complexity index is 703. The van der Waals surface area contributed by atoms with Crippen LogP contribution in [0.2, 0.25) is 0 Å². The van der Waals surface area contributed by atoms with Crippen LogP contribution < -0.4 is 10.6 Å². The van der Waals surface area contributed by atoms with Crippen molar-refractivity contribution in [1.29, 1.82) is 0 Å². The van der Waals surface area contributed by atoms with E-state index >= 15 is 0 Å². The van der Waals surface area contributed by atoms with Gasteiger partial charge >= 0.3 is 0 Å². The van der Waals surface area contributed by atoms with E-state index < -0.39 is 0 Å². The summed E-state index contributed by atoms with van der Waals surface area (Å²) in [6.07, 6.45) is 1.22. The number of hydrogen-bond donors (Lipinski definition) is 2. The average Bonchev–Trinajstić information content (AvgIpc) is 3.26. The van der Waals surface area contributed by atoms with Gasteiger partial charge in [-0.05, 0) is 30.5 Å². The number of nitrogens with zero attached hydrogens (tertiary/aromatic N) is 1. The summed E-state index contributed by atoms with van der Waals surface area (Å²) in [7, 11) is 2.09. The molecule has 5 nitrogen and oxygen atoms in total. The van der Waals surface area contributed by atoms with Gasteiger partial charge in [0.2, 0.25) is 5.91 Å². The van der Waals surface area contributed by atoms with Gasteiger partial charge in [-0.1, -0.05) is 30.3 Å². The van der Waals surface area contributed by atoms with Crippen LogP contribution in [-0.4, -0.2) is 42.9 Å². The Balaban J connectivity index is 1.49. The molecule has 0 unspecified atom stereocenters. The Kier molecular flexibility index (Phi) is 5.83. The molecule has 0 saturated carbocycles. The first-order valence-corrected chi connectivity index (χ1v) is 9.44. The summed E-state index contributed by atoms with van der Waals surface area (Å²) >= 11 is 1.48. The SMILES string of the molecule is CN1CC[C@@H](NC(=O)CCNC(=O)c2ccsc2)[C@@H]1c1ccccc1. The van der Waals surface area contributed by atoms with Crippen molar-refractivity contribution in [3.63, 3.8) is 0 Å². The molecule has 0 radical (unpaired) electrons. The minimum absolute atomic E-state index is 0.0214. The van der Waals surface area contributed by atoms with Crippen LogP contribution in [0.25, 0.3) is 0 Å². The van der Waals surface area contributed by atoms with Crippen molar-refractivity contribution in [3.05, 3.63) is 58.3 Å². The van der Waals surface area contributed by atoms with E-state index in [-0.39, 0.29) is 30.3 Å².